The molecule has 0 aromatic heterocycles. The molecule has 1 amide bonds. The minimum Gasteiger partial charge on any atom is -0.480 e. The van der Waals surface area contributed by atoms with Crippen molar-refractivity contribution in [3.8, 4) is 0 Å². The van der Waals surface area contributed by atoms with Crippen LogP contribution in [0.25, 0.3) is 0 Å². The molecule has 1 aromatic carbocycles. The Balaban J connectivity index is 2.51. The summed E-state index contributed by atoms with van der Waals surface area (Å²) in [6.45, 7) is 2.43. The zero-order chi connectivity index (χ0) is 13.5. The molecule has 0 unspecified atom stereocenters. The summed E-state index contributed by atoms with van der Waals surface area (Å²) in [5, 5.41) is 11.9. The van der Waals surface area contributed by atoms with Crippen molar-refractivity contribution >= 4 is 11.9 Å². The molecule has 0 radical (unpaired) electrons. The summed E-state index contributed by atoms with van der Waals surface area (Å²) in [5.74, 6) is -1.46. The van der Waals surface area contributed by atoms with Crippen LogP contribution in [0.15, 0.2) is 24.3 Å². The number of carbonyl (C=O) groups is 2. The number of benzene rings is 1. The van der Waals surface area contributed by atoms with Gasteiger partial charge in [-0.25, -0.2) is 0 Å². The Bertz CT molecular complexity index is 432. The number of rotatable bonds is 7. The molecule has 0 heterocycles. The van der Waals surface area contributed by atoms with Gasteiger partial charge in [-0.05, 0) is 18.9 Å². The number of carboxylic acid groups (broad SMARTS) is 1. The first-order valence-electron chi connectivity index (χ1n) is 5.79. The van der Waals surface area contributed by atoms with Gasteiger partial charge < -0.3 is 16.2 Å². The Morgan fingerprint density at radius 1 is 1.44 bits per heavy atom. The maximum absolute atomic E-state index is 11.0. The molecule has 18 heavy (non-hydrogen) atoms. The van der Waals surface area contributed by atoms with E-state index in [0.717, 1.165) is 11.1 Å². The second kappa shape index (κ2) is 6.76. The van der Waals surface area contributed by atoms with Crippen LogP contribution in [0.5, 0.6) is 0 Å². The van der Waals surface area contributed by atoms with Crippen molar-refractivity contribution in [2.45, 2.75) is 32.4 Å². The highest BCUT2D eigenvalue weighted by Gasteiger charge is 2.17. The molecule has 0 spiro atoms. The summed E-state index contributed by atoms with van der Waals surface area (Å²) in [5.41, 5.74) is 7.15. The van der Waals surface area contributed by atoms with Gasteiger partial charge in [-0.1, -0.05) is 29.8 Å². The zero-order valence-corrected chi connectivity index (χ0v) is 10.3. The van der Waals surface area contributed by atoms with Crippen LogP contribution >= 0.6 is 0 Å². The van der Waals surface area contributed by atoms with Crippen LogP contribution in [0.4, 0.5) is 0 Å². The number of aliphatic carboxylic acids is 1. The number of aryl methyl sites for hydroxylation is 1. The maximum atomic E-state index is 11.0. The minimum absolute atomic E-state index is 0.0672. The fraction of sp³-hybridized carbons (Fsp3) is 0.385. The molecule has 5 nitrogen and oxygen atoms in total. The Morgan fingerprint density at radius 2 is 2.17 bits per heavy atom. The van der Waals surface area contributed by atoms with Gasteiger partial charge >= 0.3 is 5.97 Å². The van der Waals surface area contributed by atoms with Crippen molar-refractivity contribution in [3.05, 3.63) is 35.4 Å². The number of primary amides is 1. The molecule has 0 aliphatic carbocycles. The molecule has 0 aliphatic heterocycles. The van der Waals surface area contributed by atoms with Crippen LogP contribution in [0, 0.1) is 6.92 Å². The molecular weight excluding hydrogens is 232 g/mol. The highest BCUT2D eigenvalue weighted by molar-refractivity contribution is 5.77. The highest BCUT2D eigenvalue weighted by Crippen LogP contribution is 2.05. The van der Waals surface area contributed by atoms with Crippen LogP contribution in [0.2, 0.25) is 0 Å². The molecule has 0 bridgehead atoms. The Labute approximate surface area is 106 Å². The van der Waals surface area contributed by atoms with E-state index < -0.39 is 17.9 Å². The fourth-order valence-corrected chi connectivity index (χ4v) is 1.66. The number of carboxylic acids is 1. The summed E-state index contributed by atoms with van der Waals surface area (Å²) in [6, 6.07) is 7.06. The summed E-state index contributed by atoms with van der Waals surface area (Å²) in [7, 11) is 0. The first-order chi connectivity index (χ1) is 8.49. The van der Waals surface area contributed by atoms with E-state index in [1.54, 1.807) is 0 Å². The topological polar surface area (TPSA) is 92.4 Å². The average Bonchev–Trinajstić information content (AvgIpc) is 2.28. The molecule has 1 rings (SSSR count). The first kappa shape index (κ1) is 14.2. The second-order valence-electron chi connectivity index (χ2n) is 4.27. The quantitative estimate of drug-likeness (QED) is 0.667. The lowest BCUT2D eigenvalue weighted by Gasteiger charge is -2.13. The fourth-order valence-electron chi connectivity index (χ4n) is 1.66. The van der Waals surface area contributed by atoms with E-state index in [4.69, 9.17) is 10.8 Å². The maximum Gasteiger partial charge on any atom is 0.320 e. The van der Waals surface area contributed by atoms with Crippen molar-refractivity contribution in [2.75, 3.05) is 0 Å². The van der Waals surface area contributed by atoms with E-state index in [-0.39, 0.29) is 12.8 Å². The van der Waals surface area contributed by atoms with Crippen molar-refractivity contribution in [1.29, 1.82) is 0 Å². The van der Waals surface area contributed by atoms with E-state index in [2.05, 4.69) is 5.32 Å². The third-order valence-electron chi connectivity index (χ3n) is 2.61. The first-order valence-corrected chi connectivity index (χ1v) is 5.79. The van der Waals surface area contributed by atoms with E-state index in [0.29, 0.717) is 6.54 Å². The molecule has 5 heteroatoms. The van der Waals surface area contributed by atoms with Crippen molar-refractivity contribution < 1.29 is 14.7 Å². The molecule has 4 N–H and O–H groups in total. The van der Waals surface area contributed by atoms with E-state index in [1.807, 2.05) is 31.2 Å². The molecule has 0 fully saturated rings. The molecule has 1 aromatic rings. The number of carbonyl (C=O) groups excluding carboxylic acids is 1. The van der Waals surface area contributed by atoms with Crippen LogP contribution in [-0.2, 0) is 16.1 Å². The van der Waals surface area contributed by atoms with Gasteiger partial charge in [0.15, 0.2) is 0 Å². The second-order valence-corrected chi connectivity index (χ2v) is 4.27. The lowest BCUT2D eigenvalue weighted by Crippen LogP contribution is -2.37. The SMILES string of the molecule is Cc1cccc(CN[C@@H](CCC(N)=O)C(=O)O)c1. The van der Waals surface area contributed by atoms with Gasteiger partial charge in [0.25, 0.3) is 0 Å². The van der Waals surface area contributed by atoms with Gasteiger partial charge in [0.05, 0.1) is 0 Å². The number of hydrogen-bond acceptors (Lipinski definition) is 3. The molecule has 0 saturated heterocycles. The van der Waals surface area contributed by atoms with Crippen LogP contribution in [0.1, 0.15) is 24.0 Å². The van der Waals surface area contributed by atoms with Gasteiger partial charge in [-0.3, -0.25) is 9.59 Å². The van der Waals surface area contributed by atoms with Crippen LogP contribution < -0.4 is 11.1 Å². The molecule has 0 aliphatic rings. The Hall–Kier alpha value is -1.88. The summed E-state index contributed by atoms with van der Waals surface area (Å²) in [4.78, 5) is 21.6. The highest BCUT2D eigenvalue weighted by atomic mass is 16.4. The van der Waals surface area contributed by atoms with E-state index >= 15 is 0 Å². The van der Waals surface area contributed by atoms with E-state index in [1.165, 1.54) is 0 Å². The Morgan fingerprint density at radius 3 is 2.72 bits per heavy atom. The third kappa shape index (κ3) is 4.97. The summed E-state index contributed by atoms with van der Waals surface area (Å²) in [6.07, 6.45) is 0.272. The zero-order valence-electron chi connectivity index (χ0n) is 10.3. The van der Waals surface area contributed by atoms with Gasteiger partial charge in [0.2, 0.25) is 5.91 Å². The minimum atomic E-state index is -0.969. The monoisotopic (exact) mass is 250 g/mol. The molecular formula is C13H18N2O3. The summed E-state index contributed by atoms with van der Waals surface area (Å²) < 4.78 is 0. The third-order valence-corrected chi connectivity index (χ3v) is 2.61. The van der Waals surface area contributed by atoms with Crippen LogP contribution in [-0.4, -0.2) is 23.0 Å². The van der Waals surface area contributed by atoms with Crippen molar-refractivity contribution in [2.24, 2.45) is 5.73 Å². The standard InChI is InChI=1S/C13H18N2O3/c1-9-3-2-4-10(7-9)8-15-11(13(17)18)5-6-12(14)16/h2-4,7,11,15H,5-6,8H2,1H3,(H2,14,16)(H,17,18)/t11-/m0/s1. The molecule has 1 atom stereocenters. The van der Waals surface area contributed by atoms with Gasteiger partial charge in [-0.15, -0.1) is 0 Å². The Kier molecular flexibility index (Phi) is 5.32. The number of amides is 1. The van der Waals surface area contributed by atoms with Crippen molar-refractivity contribution in [3.63, 3.8) is 0 Å². The van der Waals surface area contributed by atoms with Gasteiger partial charge in [0, 0.05) is 13.0 Å². The van der Waals surface area contributed by atoms with Gasteiger partial charge in [-0.2, -0.15) is 0 Å². The predicted octanol–water partition coefficient (Wildman–Crippen LogP) is 0.803. The van der Waals surface area contributed by atoms with Gasteiger partial charge in [0.1, 0.15) is 6.04 Å². The molecule has 0 saturated carbocycles. The summed E-state index contributed by atoms with van der Waals surface area (Å²) >= 11 is 0. The normalized spacial score (nSPS) is 12.1. The van der Waals surface area contributed by atoms with E-state index in [9.17, 15) is 9.59 Å². The van der Waals surface area contributed by atoms with Crippen LogP contribution in [0.3, 0.4) is 0 Å². The predicted molar refractivity (Wildman–Crippen MR) is 67.9 cm³/mol. The number of hydrogen-bond donors (Lipinski definition) is 3. The number of nitrogens with one attached hydrogen (secondary N) is 1. The lowest BCUT2D eigenvalue weighted by molar-refractivity contribution is -0.139. The smallest absolute Gasteiger partial charge is 0.320 e. The lowest BCUT2D eigenvalue weighted by atomic mass is 10.1. The average molecular weight is 250 g/mol. The largest absolute Gasteiger partial charge is 0.480 e. The van der Waals surface area contributed by atoms with Crippen molar-refractivity contribution in [1.82, 2.24) is 5.32 Å². The number of nitrogens with two attached hydrogens (primary N) is 1. The molecule has 98 valence electrons.